The largest absolute Gasteiger partial charge is 0.481 e. The van der Waals surface area contributed by atoms with Crippen LogP contribution in [0.1, 0.15) is 91.9 Å². The van der Waals surface area contributed by atoms with Crippen LogP contribution in [0.15, 0.2) is 0 Å². The van der Waals surface area contributed by atoms with Crippen LogP contribution in [0, 0.1) is 11.3 Å². The number of rotatable bonds is 12. The van der Waals surface area contributed by atoms with Crippen LogP contribution in [0.5, 0.6) is 0 Å². The van der Waals surface area contributed by atoms with Gasteiger partial charge >= 0.3 is 12.1 Å². The van der Waals surface area contributed by atoms with Crippen molar-refractivity contribution in [3.63, 3.8) is 0 Å². The zero-order chi connectivity index (χ0) is 18.9. The van der Waals surface area contributed by atoms with Gasteiger partial charge in [0.25, 0.3) is 0 Å². The first-order chi connectivity index (χ1) is 11.7. The first kappa shape index (κ1) is 21.8. The summed E-state index contributed by atoms with van der Waals surface area (Å²) in [4.78, 5) is 23.9. The van der Waals surface area contributed by atoms with E-state index in [0.717, 1.165) is 25.7 Å². The van der Waals surface area contributed by atoms with Crippen molar-refractivity contribution in [1.82, 2.24) is 5.32 Å². The molecule has 0 aromatic carbocycles. The fourth-order valence-corrected chi connectivity index (χ4v) is 3.37. The second kappa shape index (κ2) is 10.0. The summed E-state index contributed by atoms with van der Waals surface area (Å²) in [7, 11) is 0. The summed E-state index contributed by atoms with van der Waals surface area (Å²) < 4.78 is 5.25. The van der Waals surface area contributed by atoms with E-state index in [0.29, 0.717) is 6.42 Å². The number of carbonyl (C=O) groups is 2. The predicted molar refractivity (Wildman–Crippen MR) is 99.6 cm³/mol. The highest BCUT2D eigenvalue weighted by atomic mass is 16.6. The third-order valence-electron chi connectivity index (χ3n) is 4.96. The van der Waals surface area contributed by atoms with Gasteiger partial charge in [-0.2, -0.15) is 0 Å². The summed E-state index contributed by atoms with van der Waals surface area (Å²) in [6, 6.07) is 0. The van der Waals surface area contributed by atoms with Crippen molar-refractivity contribution in [3.8, 4) is 0 Å². The van der Waals surface area contributed by atoms with Crippen molar-refractivity contribution < 1.29 is 19.4 Å². The Bertz CT molecular complexity index is 426. The number of aliphatic carboxylic acids is 1. The standard InChI is InChI=1S/C20H37NO4/c1-5-6-7-8-9-10-11-14-20(17(22)23,16-12-13-16)15-21-18(24)25-19(2,3)4/h16H,5-15H2,1-4H3,(H,21,24)(H,22,23). The van der Waals surface area contributed by atoms with Crippen LogP contribution in [0.25, 0.3) is 0 Å². The summed E-state index contributed by atoms with van der Waals surface area (Å²) in [5.74, 6) is -0.600. The molecule has 0 radical (unpaired) electrons. The van der Waals surface area contributed by atoms with Gasteiger partial charge in [0, 0.05) is 6.54 Å². The zero-order valence-corrected chi connectivity index (χ0v) is 16.5. The molecule has 1 rings (SSSR count). The van der Waals surface area contributed by atoms with Gasteiger partial charge in [0.15, 0.2) is 0 Å². The fraction of sp³-hybridized carbons (Fsp3) is 0.900. The second-order valence-electron chi connectivity index (χ2n) is 8.46. The number of unbranched alkanes of at least 4 members (excludes halogenated alkanes) is 6. The predicted octanol–water partition coefficient (Wildman–Crippen LogP) is 5.13. The van der Waals surface area contributed by atoms with E-state index in [2.05, 4.69) is 12.2 Å². The van der Waals surface area contributed by atoms with Gasteiger partial charge < -0.3 is 15.2 Å². The lowest BCUT2D eigenvalue weighted by Gasteiger charge is -2.30. The number of carbonyl (C=O) groups excluding carboxylic acids is 1. The van der Waals surface area contributed by atoms with Gasteiger partial charge in [-0.25, -0.2) is 4.79 Å². The lowest BCUT2D eigenvalue weighted by molar-refractivity contribution is -0.150. The topological polar surface area (TPSA) is 75.6 Å². The van der Waals surface area contributed by atoms with E-state index in [4.69, 9.17) is 4.74 Å². The van der Waals surface area contributed by atoms with Gasteiger partial charge in [-0.1, -0.05) is 51.9 Å². The molecule has 0 aromatic rings. The van der Waals surface area contributed by atoms with E-state index >= 15 is 0 Å². The van der Waals surface area contributed by atoms with Crippen LogP contribution in [0.4, 0.5) is 4.79 Å². The molecule has 1 aliphatic rings. The van der Waals surface area contributed by atoms with E-state index in [1.807, 2.05) is 0 Å². The van der Waals surface area contributed by atoms with E-state index < -0.39 is 23.1 Å². The Morgan fingerprint density at radius 1 is 1.04 bits per heavy atom. The van der Waals surface area contributed by atoms with Gasteiger partial charge in [-0.15, -0.1) is 0 Å². The van der Waals surface area contributed by atoms with E-state index in [1.165, 1.54) is 32.1 Å². The van der Waals surface area contributed by atoms with E-state index in [1.54, 1.807) is 20.8 Å². The molecule has 2 N–H and O–H groups in total. The molecule has 5 heteroatoms. The number of amides is 1. The summed E-state index contributed by atoms with van der Waals surface area (Å²) in [5.41, 5.74) is -1.41. The molecule has 1 fully saturated rings. The van der Waals surface area contributed by atoms with Crippen LogP contribution in [0.2, 0.25) is 0 Å². The van der Waals surface area contributed by atoms with Gasteiger partial charge in [0.2, 0.25) is 0 Å². The third-order valence-corrected chi connectivity index (χ3v) is 4.96. The maximum absolute atomic E-state index is 12.0. The summed E-state index contributed by atoms with van der Waals surface area (Å²) in [6.45, 7) is 7.77. The van der Waals surface area contributed by atoms with Gasteiger partial charge in [-0.3, -0.25) is 4.79 Å². The molecule has 1 atom stereocenters. The molecule has 1 amide bonds. The van der Waals surface area contributed by atoms with Crippen LogP contribution < -0.4 is 5.32 Å². The Morgan fingerprint density at radius 2 is 1.60 bits per heavy atom. The molecule has 0 aliphatic heterocycles. The lowest BCUT2D eigenvalue weighted by atomic mass is 9.77. The van der Waals surface area contributed by atoms with Crippen LogP contribution in [-0.4, -0.2) is 29.3 Å². The number of hydrogen-bond donors (Lipinski definition) is 2. The molecule has 0 bridgehead atoms. The highest BCUT2D eigenvalue weighted by molar-refractivity contribution is 5.77. The molecule has 5 nitrogen and oxygen atoms in total. The first-order valence-corrected chi connectivity index (χ1v) is 9.91. The van der Waals surface area contributed by atoms with Crippen LogP contribution >= 0.6 is 0 Å². The number of nitrogens with one attached hydrogen (secondary N) is 1. The van der Waals surface area contributed by atoms with E-state index in [9.17, 15) is 14.7 Å². The highest BCUT2D eigenvalue weighted by Gasteiger charge is 2.50. The van der Waals surface area contributed by atoms with Crippen molar-refractivity contribution in [2.75, 3.05) is 6.54 Å². The molecule has 0 saturated heterocycles. The molecule has 0 spiro atoms. The average molecular weight is 356 g/mol. The van der Waals surface area contributed by atoms with Gasteiger partial charge in [-0.05, 0) is 46.0 Å². The lowest BCUT2D eigenvalue weighted by Crippen LogP contribution is -2.46. The highest BCUT2D eigenvalue weighted by Crippen LogP contribution is 2.48. The van der Waals surface area contributed by atoms with Crippen molar-refractivity contribution >= 4 is 12.1 Å². The number of ether oxygens (including phenoxy) is 1. The zero-order valence-electron chi connectivity index (χ0n) is 16.5. The number of carboxylic acids is 1. The van der Waals surface area contributed by atoms with Crippen molar-refractivity contribution in [1.29, 1.82) is 0 Å². The summed E-state index contributed by atoms with van der Waals surface area (Å²) in [6.07, 6.45) is 10.1. The molecule has 1 aliphatic carbocycles. The molecule has 1 saturated carbocycles. The average Bonchev–Trinajstić information content (AvgIpc) is 3.32. The molecule has 0 aromatic heterocycles. The SMILES string of the molecule is CCCCCCCCCC(CNC(=O)OC(C)(C)C)(C(=O)O)C1CC1. The Labute approximate surface area is 152 Å². The molecule has 146 valence electrons. The number of alkyl carbamates (subject to hydrolysis) is 1. The summed E-state index contributed by atoms with van der Waals surface area (Å²) in [5, 5.41) is 12.6. The fourth-order valence-electron chi connectivity index (χ4n) is 3.37. The normalized spacial score (nSPS) is 17.0. The quantitative estimate of drug-likeness (QED) is 0.476. The monoisotopic (exact) mass is 355 g/mol. The van der Waals surface area contributed by atoms with Crippen molar-refractivity contribution in [2.24, 2.45) is 11.3 Å². The van der Waals surface area contributed by atoms with Gasteiger partial charge in [0.05, 0.1) is 5.41 Å². The number of hydrogen-bond acceptors (Lipinski definition) is 3. The minimum Gasteiger partial charge on any atom is -0.481 e. The number of carboxylic acid groups (broad SMARTS) is 1. The first-order valence-electron chi connectivity index (χ1n) is 9.91. The second-order valence-corrected chi connectivity index (χ2v) is 8.46. The maximum Gasteiger partial charge on any atom is 0.407 e. The molecule has 0 heterocycles. The molecule has 1 unspecified atom stereocenters. The molecular weight excluding hydrogens is 318 g/mol. The Hall–Kier alpha value is -1.26. The van der Waals surface area contributed by atoms with Crippen LogP contribution in [-0.2, 0) is 9.53 Å². The summed E-state index contributed by atoms with van der Waals surface area (Å²) >= 11 is 0. The minimum absolute atomic E-state index is 0.164. The minimum atomic E-state index is -0.833. The Kier molecular flexibility index (Phi) is 8.74. The Balaban J connectivity index is 2.48. The van der Waals surface area contributed by atoms with Gasteiger partial charge in [0.1, 0.15) is 5.60 Å². The third kappa shape index (κ3) is 8.10. The van der Waals surface area contributed by atoms with E-state index in [-0.39, 0.29) is 12.5 Å². The Morgan fingerprint density at radius 3 is 2.08 bits per heavy atom. The molecular formula is C20H37NO4. The van der Waals surface area contributed by atoms with Crippen molar-refractivity contribution in [2.45, 2.75) is 97.5 Å². The van der Waals surface area contributed by atoms with Crippen LogP contribution in [0.3, 0.4) is 0 Å². The smallest absolute Gasteiger partial charge is 0.407 e. The molecule has 25 heavy (non-hydrogen) atoms. The van der Waals surface area contributed by atoms with Crippen molar-refractivity contribution in [3.05, 3.63) is 0 Å². The maximum atomic E-state index is 12.0.